The van der Waals surface area contributed by atoms with Gasteiger partial charge in [-0.05, 0) is 25.2 Å². The molecule has 1 saturated carbocycles. The average molecular weight is 196 g/mol. The molecule has 2 N–H and O–H groups in total. The van der Waals surface area contributed by atoms with Crippen LogP contribution < -0.4 is 5.73 Å². The summed E-state index contributed by atoms with van der Waals surface area (Å²) in [5.74, 6) is 0. The molecule has 3 heteroatoms. The van der Waals surface area contributed by atoms with Crippen LogP contribution in [0.5, 0.6) is 0 Å². The first-order chi connectivity index (χ1) is 6.10. The summed E-state index contributed by atoms with van der Waals surface area (Å²) in [6.45, 7) is 4.31. The number of nitrogens with zero attached hydrogens (tertiary/aromatic N) is 1. The van der Waals surface area contributed by atoms with Crippen LogP contribution in [0, 0.1) is 12.3 Å². The lowest BCUT2D eigenvalue weighted by atomic mass is 9.97. The first-order valence-electron chi connectivity index (χ1n) is 4.77. The molecule has 0 saturated heterocycles. The maximum atomic E-state index is 6.12. The summed E-state index contributed by atoms with van der Waals surface area (Å²) in [6, 6.07) is 0.304. The first-order valence-corrected chi connectivity index (χ1v) is 5.65. The second-order valence-corrected chi connectivity index (χ2v) is 5.29. The molecule has 1 heterocycles. The highest BCUT2D eigenvalue weighted by molar-refractivity contribution is 7.09. The van der Waals surface area contributed by atoms with E-state index in [1.165, 1.54) is 17.8 Å². The van der Waals surface area contributed by atoms with Crippen molar-refractivity contribution in [2.24, 2.45) is 11.1 Å². The minimum Gasteiger partial charge on any atom is -0.327 e. The molecule has 1 fully saturated rings. The molecule has 1 aromatic heterocycles. The van der Waals surface area contributed by atoms with Gasteiger partial charge in [-0.2, -0.15) is 0 Å². The summed E-state index contributed by atoms with van der Waals surface area (Å²) in [4.78, 5) is 4.43. The zero-order chi connectivity index (χ0) is 9.47. The highest BCUT2D eigenvalue weighted by atomic mass is 32.1. The quantitative estimate of drug-likeness (QED) is 0.804. The van der Waals surface area contributed by atoms with Crippen LogP contribution in [-0.4, -0.2) is 11.0 Å². The zero-order valence-electron chi connectivity index (χ0n) is 8.21. The normalized spacial score (nSPS) is 21.5. The topological polar surface area (TPSA) is 38.9 Å². The SMILES string of the molecule is Cc1csc(CC(N)C2(C)CC2)n1. The molecule has 0 aromatic carbocycles. The van der Waals surface area contributed by atoms with Gasteiger partial charge in [0.2, 0.25) is 0 Å². The maximum absolute atomic E-state index is 6.12. The third-order valence-electron chi connectivity index (χ3n) is 2.99. The van der Waals surface area contributed by atoms with Crippen molar-refractivity contribution in [3.8, 4) is 0 Å². The molecule has 2 nitrogen and oxygen atoms in total. The predicted molar refractivity (Wildman–Crippen MR) is 55.9 cm³/mol. The lowest BCUT2D eigenvalue weighted by Gasteiger charge is -2.16. The Bertz CT molecular complexity index is 302. The van der Waals surface area contributed by atoms with Crippen molar-refractivity contribution < 1.29 is 0 Å². The second-order valence-electron chi connectivity index (χ2n) is 4.35. The molecule has 1 unspecified atom stereocenters. The fourth-order valence-electron chi connectivity index (χ4n) is 1.50. The van der Waals surface area contributed by atoms with E-state index < -0.39 is 0 Å². The molecular formula is C10H16N2S. The number of rotatable bonds is 3. The van der Waals surface area contributed by atoms with E-state index in [9.17, 15) is 0 Å². The second kappa shape index (κ2) is 3.07. The van der Waals surface area contributed by atoms with E-state index >= 15 is 0 Å². The van der Waals surface area contributed by atoms with Gasteiger partial charge in [0.05, 0.1) is 5.01 Å². The Hall–Kier alpha value is -0.410. The van der Waals surface area contributed by atoms with E-state index in [0.29, 0.717) is 11.5 Å². The number of aryl methyl sites for hydroxylation is 1. The third-order valence-corrected chi connectivity index (χ3v) is 3.98. The smallest absolute Gasteiger partial charge is 0.0943 e. The van der Waals surface area contributed by atoms with Gasteiger partial charge < -0.3 is 5.73 Å². The Morgan fingerprint density at radius 3 is 2.85 bits per heavy atom. The summed E-state index contributed by atoms with van der Waals surface area (Å²) in [7, 11) is 0. The largest absolute Gasteiger partial charge is 0.327 e. The van der Waals surface area contributed by atoms with Crippen molar-refractivity contribution in [2.45, 2.75) is 39.2 Å². The first kappa shape index (κ1) is 9.16. The Morgan fingerprint density at radius 1 is 1.69 bits per heavy atom. The minimum absolute atomic E-state index is 0.304. The van der Waals surface area contributed by atoms with E-state index in [4.69, 9.17) is 5.73 Å². The maximum Gasteiger partial charge on any atom is 0.0943 e. The molecule has 13 heavy (non-hydrogen) atoms. The van der Waals surface area contributed by atoms with Crippen molar-refractivity contribution in [3.05, 3.63) is 16.1 Å². The van der Waals surface area contributed by atoms with Gasteiger partial charge in [-0.15, -0.1) is 11.3 Å². The molecule has 2 rings (SSSR count). The van der Waals surface area contributed by atoms with E-state index in [2.05, 4.69) is 17.3 Å². The van der Waals surface area contributed by atoms with Gasteiger partial charge in [-0.25, -0.2) is 4.98 Å². The van der Waals surface area contributed by atoms with Crippen molar-refractivity contribution in [2.75, 3.05) is 0 Å². The van der Waals surface area contributed by atoms with Gasteiger partial charge in [0.1, 0.15) is 0 Å². The minimum atomic E-state index is 0.304. The molecule has 72 valence electrons. The number of hydrogen-bond acceptors (Lipinski definition) is 3. The molecule has 0 radical (unpaired) electrons. The third kappa shape index (κ3) is 1.92. The monoisotopic (exact) mass is 196 g/mol. The molecule has 1 aromatic rings. The van der Waals surface area contributed by atoms with E-state index in [1.807, 2.05) is 6.92 Å². The van der Waals surface area contributed by atoms with Crippen molar-refractivity contribution >= 4 is 11.3 Å². The average Bonchev–Trinajstić information content (AvgIpc) is 2.69. The van der Waals surface area contributed by atoms with Gasteiger partial charge in [-0.3, -0.25) is 0 Å². The Kier molecular flexibility index (Phi) is 2.16. The molecule has 0 aliphatic heterocycles. The lowest BCUT2D eigenvalue weighted by Crippen LogP contribution is -2.31. The number of nitrogens with two attached hydrogens (primary N) is 1. The zero-order valence-corrected chi connectivity index (χ0v) is 9.03. The van der Waals surface area contributed by atoms with Crippen molar-refractivity contribution in [3.63, 3.8) is 0 Å². The van der Waals surface area contributed by atoms with E-state index in [1.54, 1.807) is 11.3 Å². The van der Waals surface area contributed by atoms with Crippen LogP contribution in [0.3, 0.4) is 0 Å². The molecule has 0 bridgehead atoms. The molecule has 0 spiro atoms. The van der Waals surface area contributed by atoms with Crippen LogP contribution >= 0.6 is 11.3 Å². The lowest BCUT2D eigenvalue weighted by molar-refractivity contribution is 0.432. The summed E-state index contributed by atoms with van der Waals surface area (Å²) in [5.41, 5.74) is 7.66. The van der Waals surface area contributed by atoms with Gasteiger partial charge in [0.15, 0.2) is 0 Å². The van der Waals surface area contributed by atoms with Crippen LogP contribution in [0.15, 0.2) is 5.38 Å². The molecular weight excluding hydrogens is 180 g/mol. The Balaban J connectivity index is 1.98. The van der Waals surface area contributed by atoms with Crippen LogP contribution in [0.1, 0.15) is 30.5 Å². The molecule has 1 aliphatic rings. The van der Waals surface area contributed by atoms with Crippen molar-refractivity contribution in [1.82, 2.24) is 4.98 Å². The summed E-state index contributed by atoms with van der Waals surface area (Å²) >= 11 is 1.73. The number of hydrogen-bond donors (Lipinski definition) is 1. The standard InChI is InChI=1S/C10H16N2S/c1-7-6-13-9(12-7)5-8(11)10(2)3-4-10/h6,8H,3-5,11H2,1-2H3. The van der Waals surface area contributed by atoms with E-state index in [-0.39, 0.29) is 0 Å². The van der Waals surface area contributed by atoms with Crippen LogP contribution in [-0.2, 0) is 6.42 Å². The predicted octanol–water partition coefficient (Wildman–Crippen LogP) is 2.12. The summed E-state index contributed by atoms with van der Waals surface area (Å²) in [6.07, 6.45) is 3.53. The van der Waals surface area contributed by atoms with Crippen LogP contribution in [0.4, 0.5) is 0 Å². The summed E-state index contributed by atoms with van der Waals surface area (Å²) in [5, 5.41) is 3.29. The fourth-order valence-corrected chi connectivity index (χ4v) is 2.33. The molecule has 1 atom stereocenters. The summed E-state index contributed by atoms with van der Waals surface area (Å²) < 4.78 is 0. The van der Waals surface area contributed by atoms with Crippen molar-refractivity contribution in [1.29, 1.82) is 0 Å². The highest BCUT2D eigenvalue weighted by Gasteiger charge is 2.42. The molecule has 1 aliphatic carbocycles. The van der Waals surface area contributed by atoms with E-state index in [0.717, 1.165) is 12.1 Å². The fraction of sp³-hybridized carbons (Fsp3) is 0.700. The van der Waals surface area contributed by atoms with Gasteiger partial charge >= 0.3 is 0 Å². The number of thiazole rings is 1. The van der Waals surface area contributed by atoms with Crippen LogP contribution in [0.25, 0.3) is 0 Å². The Morgan fingerprint density at radius 2 is 2.38 bits per heavy atom. The molecule has 0 amide bonds. The van der Waals surface area contributed by atoms with Gasteiger partial charge in [-0.1, -0.05) is 6.92 Å². The van der Waals surface area contributed by atoms with Gasteiger partial charge in [0.25, 0.3) is 0 Å². The van der Waals surface area contributed by atoms with Crippen LogP contribution in [0.2, 0.25) is 0 Å². The Labute approximate surface area is 83.2 Å². The highest BCUT2D eigenvalue weighted by Crippen LogP contribution is 2.48. The van der Waals surface area contributed by atoms with Gasteiger partial charge in [0, 0.05) is 23.5 Å². The number of aromatic nitrogens is 1.